The van der Waals surface area contributed by atoms with E-state index in [0.717, 1.165) is 25.0 Å². The van der Waals surface area contributed by atoms with Gasteiger partial charge in [0, 0.05) is 25.6 Å². The Morgan fingerprint density at radius 1 is 1.62 bits per heavy atom. The van der Waals surface area contributed by atoms with Crippen LogP contribution in [0.15, 0.2) is 11.3 Å². The van der Waals surface area contributed by atoms with Crippen molar-refractivity contribution in [2.75, 3.05) is 6.54 Å². The monoisotopic (exact) mass is 227 g/mol. The van der Waals surface area contributed by atoms with Gasteiger partial charge in [0.15, 0.2) is 0 Å². The van der Waals surface area contributed by atoms with E-state index in [-0.39, 0.29) is 12.1 Å². The third kappa shape index (κ3) is 3.52. The highest BCUT2D eigenvalue weighted by Gasteiger charge is 2.20. The van der Waals surface area contributed by atoms with Crippen LogP contribution < -0.4 is 0 Å². The molecule has 4 nitrogen and oxygen atoms in total. The first-order valence-electron chi connectivity index (χ1n) is 5.86. The fourth-order valence-electron chi connectivity index (χ4n) is 1.99. The second-order valence-electron chi connectivity index (χ2n) is 4.30. The van der Waals surface area contributed by atoms with Gasteiger partial charge in [-0.25, -0.2) is 0 Å². The summed E-state index contributed by atoms with van der Waals surface area (Å²) >= 11 is 0. The zero-order valence-corrected chi connectivity index (χ0v) is 10.3. The Morgan fingerprint density at radius 2 is 2.31 bits per heavy atom. The minimum absolute atomic E-state index is 0.129. The smallest absolute Gasteiger partial charge is 0.302 e. The highest BCUT2D eigenvalue weighted by molar-refractivity contribution is 5.66. The molecular weight excluding hydrogens is 206 g/mol. The molecule has 0 bridgehead atoms. The van der Waals surface area contributed by atoms with Crippen LogP contribution >= 0.6 is 0 Å². The predicted molar refractivity (Wildman–Crippen MR) is 60.9 cm³/mol. The van der Waals surface area contributed by atoms with E-state index >= 15 is 0 Å². The molecule has 0 amide bonds. The molecule has 0 fully saturated rings. The summed E-state index contributed by atoms with van der Waals surface area (Å²) in [5, 5.41) is 11.0. The van der Waals surface area contributed by atoms with Crippen LogP contribution in [0.1, 0.15) is 46.5 Å². The average molecular weight is 227 g/mol. The molecule has 0 saturated carbocycles. The maximum Gasteiger partial charge on any atom is 0.302 e. The Bertz CT molecular complexity index is 286. The van der Waals surface area contributed by atoms with Crippen molar-refractivity contribution in [1.82, 2.24) is 5.06 Å². The summed E-state index contributed by atoms with van der Waals surface area (Å²) in [6.07, 6.45) is 3.25. The van der Waals surface area contributed by atoms with Gasteiger partial charge in [0.25, 0.3) is 0 Å². The maximum absolute atomic E-state index is 10.9. The summed E-state index contributed by atoms with van der Waals surface area (Å²) in [5.41, 5.74) is 2.11. The van der Waals surface area contributed by atoms with E-state index in [4.69, 9.17) is 4.74 Å². The van der Waals surface area contributed by atoms with Crippen LogP contribution in [0.25, 0.3) is 0 Å². The van der Waals surface area contributed by atoms with Gasteiger partial charge in [0.1, 0.15) is 6.10 Å². The van der Waals surface area contributed by atoms with Crippen LogP contribution in [-0.2, 0) is 9.53 Å². The summed E-state index contributed by atoms with van der Waals surface area (Å²) < 4.78 is 5.19. The zero-order valence-electron chi connectivity index (χ0n) is 10.3. The quantitative estimate of drug-likeness (QED) is 0.750. The molecule has 0 aromatic rings. The molecule has 1 unspecified atom stereocenters. The van der Waals surface area contributed by atoms with Crippen LogP contribution in [0.2, 0.25) is 0 Å². The first-order chi connectivity index (χ1) is 7.54. The summed E-state index contributed by atoms with van der Waals surface area (Å²) in [6, 6.07) is 0. The molecular formula is C12H21NO3. The normalized spacial score (nSPS) is 18.6. The van der Waals surface area contributed by atoms with Gasteiger partial charge in [-0.1, -0.05) is 12.5 Å². The lowest BCUT2D eigenvalue weighted by Crippen LogP contribution is -2.29. The second-order valence-corrected chi connectivity index (χ2v) is 4.30. The van der Waals surface area contributed by atoms with Crippen LogP contribution in [0, 0.1) is 0 Å². The highest BCUT2D eigenvalue weighted by Crippen LogP contribution is 2.25. The largest absolute Gasteiger partial charge is 0.462 e. The Labute approximate surface area is 96.8 Å². The molecule has 4 heteroatoms. The lowest BCUT2D eigenvalue weighted by molar-refractivity contribution is -0.147. The number of carbonyl (C=O) groups is 1. The number of esters is 1. The number of hydroxylamine groups is 2. The Hall–Kier alpha value is -1.03. The number of hydrogen-bond acceptors (Lipinski definition) is 4. The van der Waals surface area contributed by atoms with E-state index in [0.29, 0.717) is 13.0 Å². The van der Waals surface area contributed by atoms with Crippen molar-refractivity contribution in [3.63, 3.8) is 0 Å². The van der Waals surface area contributed by atoms with Gasteiger partial charge in [0.2, 0.25) is 0 Å². The molecule has 16 heavy (non-hydrogen) atoms. The fourth-order valence-corrected chi connectivity index (χ4v) is 1.99. The van der Waals surface area contributed by atoms with Crippen molar-refractivity contribution >= 4 is 5.97 Å². The van der Waals surface area contributed by atoms with E-state index in [2.05, 4.69) is 0 Å². The third-order valence-corrected chi connectivity index (χ3v) is 2.93. The van der Waals surface area contributed by atoms with Crippen LogP contribution in [0.3, 0.4) is 0 Å². The van der Waals surface area contributed by atoms with Gasteiger partial charge >= 0.3 is 5.97 Å². The molecule has 1 heterocycles. The highest BCUT2D eigenvalue weighted by atomic mass is 16.5. The summed E-state index contributed by atoms with van der Waals surface area (Å²) in [6.45, 7) is 6.09. The van der Waals surface area contributed by atoms with Crippen molar-refractivity contribution in [3.05, 3.63) is 11.3 Å². The van der Waals surface area contributed by atoms with E-state index < -0.39 is 0 Å². The van der Waals surface area contributed by atoms with Gasteiger partial charge in [-0.3, -0.25) is 15.1 Å². The van der Waals surface area contributed by atoms with E-state index in [1.165, 1.54) is 17.6 Å². The molecule has 1 aliphatic rings. The Morgan fingerprint density at radius 3 is 2.81 bits per heavy atom. The first kappa shape index (κ1) is 13.0. The topological polar surface area (TPSA) is 49.8 Å². The molecule has 0 aromatic carbocycles. The zero-order chi connectivity index (χ0) is 12.1. The Balaban J connectivity index is 2.65. The number of allylic oxidation sites excluding steroid dienone is 1. The van der Waals surface area contributed by atoms with Gasteiger partial charge < -0.3 is 4.74 Å². The third-order valence-electron chi connectivity index (χ3n) is 2.93. The molecule has 0 radical (unpaired) electrons. The van der Waals surface area contributed by atoms with Gasteiger partial charge in [-0.15, -0.1) is 0 Å². The molecule has 0 aromatic heterocycles. The van der Waals surface area contributed by atoms with Crippen LogP contribution in [-0.4, -0.2) is 28.9 Å². The van der Waals surface area contributed by atoms with Crippen LogP contribution in [0.4, 0.5) is 0 Å². The molecule has 0 saturated heterocycles. The maximum atomic E-state index is 10.9. The van der Waals surface area contributed by atoms with E-state index in [1.807, 2.05) is 13.8 Å². The van der Waals surface area contributed by atoms with Crippen molar-refractivity contribution < 1.29 is 14.7 Å². The molecule has 92 valence electrons. The van der Waals surface area contributed by atoms with Gasteiger partial charge in [-0.05, 0) is 26.2 Å². The number of rotatable bonds is 4. The van der Waals surface area contributed by atoms with Crippen LogP contribution in [0.5, 0.6) is 0 Å². The standard InChI is InChI=1S/C12H21NO3/c1-4-11(16-10(3)14)8-12-9(2)6-5-7-13(12)15/h11,15H,4-8H2,1-3H3. The van der Waals surface area contributed by atoms with E-state index in [1.54, 1.807) is 0 Å². The lowest BCUT2D eigenvalue weighted by atomic mass is 10.0. The minimum Gasteiger partial charge on any atom is -0.462 e. The number of ether oxygens (including phenoxy) is 1. The van der Waals surface area contributed by atoms with Gasteiger partial charge in [-0.2, -0.15) is 0 Å². The molecule has 1 N–H and O–H groups in total. The van der Waals surface area contributed by atoms with Crippen molar-refractivity contribution in [2.45, 2.75) is 52.6 Å². The Kier molecular flexibility index (Phi) is 4.80. The summed E-state index contributed by atoms with van der Waals surface area (Å²) in [7, 11) is 0. The average Bonchev–Trinajstić information content (AvgIpc) is 2.21. The molecule has 1 atom stereocenters. The molecule has 0 spiro atoms. The molecule has 1 rings (SSSR count). The number of hydrogen-bond donors (Lipinski definition) is 1. The number of carbonyl (C=O) groups excluding carboxylic acids is 1. The predicted octanol–water partition coefficient (Wildman–Crippen LogP) is 2.48. The second kappa shape index (κ2) is 5.89. The molecule has 0 aliphatic carbocycles. The van der Waals surface area contributed by atoms with Crippen molar-refractivity contribution in [3.8, 4) is 0 Å². The SMILES string of the molecule is CCC(CC1=C(C)CCCN1O)OC(C)=O. The number of nitrogens with zero attached hydrogens (tertiary/aromatic N) is 1. The minimum atomic E-state index is -0.259. The summed E-state index contributed by atoms with van der Waals surface area (Å²) in [4.78, 5) is 10.9. The van der Waals surface area contributed by atoms with Crippen molar-refractivity contribution in [2.24, 2.45) is 0 Å². The summed E-state index contributed by atoms with van der Waals surface area (Å²) in [5.74, 6) is -0.259. The van der Waals surface area contributed by atoms with E-state index in [9.17, 15) is 10.0 Å². The lowest BCUT2D eigenvalue weighted by Gasteiger charge is -2.29. The fraction of sp³-hybridized carbons (Fsp3) is 0.750. The molecule has 1 aliphatic heterocycles. The first-order valence-corrected chi connectivity index (χ1v) is 5.86. The van der Waals surface area contributed by atoms with Crippen molar-refractivity contribution in [1.29, 1.82) is 0 Å². The van der Waals surface area contributed by atoms with Gasteiger partial charge in [0.05, 0.1) is 0 Å².